The first-order valence-electron chi connectivity index (χ1n) is 8.63. The van der Waals surface area contributed by atoms with E-state index in [-0.39, 0.29) is 18.2 Å². The molecule has 3 rings (SSSR count). The van der Waals surface area contributed by atoms with Gasteiger partial charge in [0, 0.05) is 28.7 Å². The normalized spacial score (nSPS) is 16.5. The molecule has 2 aromatic carbocycles. The molecule has 1 aliphatic rings. The number of hydrogen-bond acceptors (Lipinski definition) is 5. The van der Waals surface area contributed by atoms with Crippen LogP contribution < -0.4 is 19.8 Å². The van der Waals surface area contributed by atoms with Crippen LogP contribution in [0.15, 0.2) is 52.0 Å². The lowest BCUT2D eigenvalue weighted by Crippen LogP contribution is -2.30. The Kier molecular flexibility index (Phi) is 6.30. The molecule has 0 radical (unpaired) electrons. The van der Waals surface area contributed by atoms with Crippen LogP contribution in [0.5, 0.6) is 11.5 Å². The van der Waals surface area contributed by atoms with Gasteiger partial charge in [0.25, 0.3) is 0 Å². The molecule has 0 bridgehead atoms. The van der Waals surface area contributed by atoms with E-state index in [0.29, 0.717) is 23.6 Å². The summed E-state index contributed by atoms with van der Waals surface area (Å²) in [5, 5.41) is 4.01. The number of halogens is 1. The number of amides is 2. The monoisotopic (exact) mass is 445 g/mol. The number of ether oxygens (including phenoxy) is 2. The number of anilines is 1. The zero-order valence-electron chi connectivity index (χ0n) is 15.5. The molecule has 2 aromatic rings. The number of carbonyl (C=O) groups is 2. The summed E-state index contributed by atoms with van der Waals surface area (Å²) in [7, 11) is 3.09. The zero-order valence-corrected chi connectivity index (χ0v) is 17.1. The van der Waals surface area contributed by atoms with Crippen LogP contribution in [-0.4, -0.2) is 38.8 Å². The maximum absolute atomic E-state index is 12.4. The summed E-state index contributed by atoms with van der Waals surface area (Å²) < 4.78 is 11.5. The Balaban J connectivity index is 1.64. The van der Waals surface area contributed by atoms with Crippen LogP contribution in [0.2, 0.25) is 0 Å². The number of methoxy groups -OCH3 is 2. The van der Waals surface area contributed by atoms with Gasteiger partial charge in [-0.25, -0.2) is 5.43 Å². The van der Waals surface area contributed by atoms with E-state index in [2.05, 4.69) is 26.5 Å². The molecule has 1 aliphatic heterocycles. The number of carbonyl (C=O) groups excluding carboxylic acids is 2. The molecule has 7 nitrogen and oxygen atoms in total. The highest BCUT2D eigenvalue weighted by Crippen LogP contribution is 2.29. The van der Waals surface area contributed by atoms with Crippen LogP contribution in [-0.2, 0) is 9.59 Å². The van der Waals surface area contributed by atoms with Crippen molar-refractivity contribution >= 4 is 39.6 Å². The lowest BCUT2D eigenvalue weighted by atomic mass is 10.1. The Morgan fingerprint density at radius 2 is 1.96 bits per heavy atom. The number of hydrogen-bond donors (Lipinski definition) is 1. The van der Waals surface area contributed by atoms with Crippen LogP contribution in [0.3, 0.4) is 0 Å². The van der Waals surface area contributed by atoms with E-state index < -0.39 is 5.92 Å². The van der Waals surface area contributed by atoms with Gasteiger partial charge >= 0.3 is 0 Å². The molecule has 28 heavy (non-hydrogen) atoms. The number of nitrogens with zero attached hydrogens (tertiary/aromatic N) is 2. The first-order valence-corrected chi connectivity index (χ1v) is 9.42. The van der Waals surface area contributed by atoms with Gasteiger partial charge in [0.1, 0.15) is 0 Å². The van der Waals surface area contributed by atoms with E-state index in [4.69, 9.17) is 9.47 Å². The minimum Gasteiger partial charge on any atom is -0.493 e. The molecule has 8 heteroatoms. The summed E-state index contributed by atoms with van der Waals surface area (Å²) in [4.78, 5) is 26.3. The second kappa shape index (κ2) is 8.88. The van der Waals surface area contributed by atoms with E-state index in [1.54, 1.807) is 30.2 Å². The molecule has 1 fully saturated rings. The number of para-hydroxylation sites is 1. The van der Waals surface area contributed by atoms with Crippen molar-refractivity contribution in [2.75, 3.05) is 25.7 Å². The minimum atomic E-state index is -0.458. The summed E-state index contributed by atoms with van der Waals surface area (Å²) in [5.41, 5.74) is 3.95. The zero-order chi connectivity index (χ0) is 20.1. The first-order chi connectivity index (χ1) is 13.5. The minimum absolute atomic E-state index is 0.0825. The molecular formula is C20H20BrN3O4. The third kappa shape index (κ3) is 4.33. The van der Waals surface area contributed by atoms with Gasteiger partial charge in [-0.3, -0.25) is 9.59 Å². The number of benzene rings is 2. The number of hydrazone groups is 1. The molecule has 1 saturated heterocycles. The SMILES string of the molecule is COc1cccc(/C=N\NC(=O)[C@@H]2CC(=O)N(c3ccc(Br)cc3)C2)c1OC. The second-order valence-corrected chi connectivity index (χ2v) is 7.11. The second-order valence-electron chi connectivity index (χ2n) is 6.20. The lowest BCUT2D eigenvalue weighted by Gasteiger charge is -2.16. The van der Waals surface area contributed by atoms with E-state index in [0.717, 1.165) is 10.2 Å². The highest BCUT2D eigenvalue weighted by Gasteiger charge is 2.35. The molecule has 0 saturated carbocycles. The largest absolute Gasteiger partial charge is 0.493 e. The fourth-order valence-electron chi connectivity index (χ4n) is 3.02. The highest BCUT2D eigenvalue weighted by molar-refractivity contribution is 9.10. The van der Waals surface area contributed by atoms with Gasteiger partial charge in [0.05, 0.1) is 26.4 Å². The van der Waals surface area contributed by atoms with E-state index in [1.807, 2.05) is 24.3 Å². The maximum atomic E-state index is 12.4. The van der Waals surface area contributed by atoms with E-state index >= 15 is 0 Å². The fourth-order valence-corrected chi connectivity index (χ4v) is 3.29. The van der Waals surface area contributed by atoms with Crippen molar-refractivity contribution in [3.05, 3.63) is 52.5 Å². The number of nitrogens with one attached hydrogen (secondary N) is 1. The van der Waals surface area contributed by atoms with Crippen molar-refractivity contribution in [2.45, 2.75) is 6.42 Å². The number of rotatable bonds is 6. The third-order valence-electron chi connectivity index (χ3n) is 4.45. The third-order valence-corrected chi connectivity index (χ3v) is 4.97. The maximum Gasteiger partial charge on any atom is 0.245 e. The Morgan fingerprint density at radius 3 is 2.64 bits per heavy atom. The van der Waals surface area contributed by atoms with Crippen molar-refractivity contribution in [1.29, 1.82) is 0 Å². The van der Waals surface area contributed by atoms with Crippen LogP contribution >= 0.6 is 15.9 Å². The molecule has 0 aliphatic carbocycles. The topological polar surface area (TPSA) is 80.2 Å². The molecule has 0 aromatic heterocycles. The van der Waals surface area contributed by atoms with Gasteiger partial charge in [-0.1, -0.05) is 22.0 Å². The summed E-state index contributed by atoms with van der Waals surface area (Å²) in [6, 6.07) is 12.8. The van der Waals surface area contributed by atoms with Crippen molar-refractivity contribution in [3.63, 3.8) is 0 Å². The summed E-state index contributed by atoms with van der Waals surface area (Å²) >= 11 is 3.37. The van der Waals surface area contributed by atoms with Crippen molar-refractivity contribution < 1.29 is 19.1 Å². The Bertz CT molecular complexity index is 899. The molecule has 146 valence electrons. The van der Waals surface area contributed by atoms with Gasteiger partial charge < -0.3 is 14.4 Å². The molecule has 0 spiro atoms. The average Bonchev–Trinajstić information content (AvgIpc) is 3.10. The van der Waals surface area contributed by atoms with E-state index in [1.165, 1.54) is 13.3 Å². The van der Waals surface area contributed by atoms with Gasteiger partial charge in [-0.05, 0) is 36.4 Å². The quantitative estimate of drug-likeness (QED) is 0.547. The van der Waals surface area contributed by atoms with Gasteiger partial charge in [0.2, 0.25) is 11.8 Å². The summed E-state index contributed by atoms with van der Waals surface area (Å²) in [6.07, 6.45) is 1.64. The molecule has 1 N–H and O–H groups in total. The summed E-state index contributed by atoms with van der Waals surface area (Å²) in [5.74, 6) is 0.261. The van der Waals surface area contributed by atoms with Crippen LogP contribution in [0.25, 0.3) is 0 Å². The molecule has 0 unspecified atom stereocenters. The Labute approximate surface area is 171 Å². The van der Waals surface area contributed by atoms with Crippen molar-refractivity contribution in [2.24, 2.45) is 11.0 Å². The van der Waals surface area contributed by atoms with Crippen LogP contribution in [0.4, 0.5) is 5.69 Å². The summed E-state index contributed by atoms with van der Waals surface area (Å²) in [6.45, 7) is 0.324. The lowest BCUT2D eigenvalue weighted by molar-refractivity contribution is -0.126. The van der Waals surface area contributed by atoms with Gasteiger partial charge in [0.15, 0.2) is 11.5 Å². The smallest absolute Gasteiger partial charge is 0.245 e. The molecule has 2 amide bonds. The van der Waals surface area contributed by atoms with Crippen molar-refractivity contribution in [1.82, 2.24) is 5.43 Å². The predicted molar refractivity (Wildman–Crippen MR) is 110 cm³/mol. The first kappa shape index (κ1) is 19.9. The van der Waals surface area contributed by atoms with Crippen LogP contribution in [0, 0.1) is 5.92 Å². The molecule has 1 heterocycles. The standard InChI is InChI=1S/C20H20BrN3O4/c1-27-17-5-3-4-13(19(17)28-2)11-22-23-20(26)14-10-18(25)24(12-14)16-8-6-15(21)7-9-16/h3-9,11,14H,10,12H2,1-2H3,(H,23,26)/b22-11-/t14-/m1/s1. The van der Waals surface area contributed by atoms with Gasteiger partial charge in [-0.15, -0.1) is 0 Å². The van der Waals surface area contributed by atoms with E-state index in [9.17, 15) is 9.59 Å². The van der Waals surface area contributed by atoms with Crippen LogP contribution in [0.1, 0.15) is 12.0 Å². The van der Waals surface area contributed by atoms with Crippen molar-refractivity contribution in [3.8, 4) is 11.5 Å². The molecule has 1 atom stereocenters. The fraction of sp³-hybridized carbons (Fsp3) is 0.250. The predicted octanol–water partition coefficient (Wildman–Crippen LogP) is 2.97. The highest BCUT2D eigenvalue weighted by atomic mass is 79.9. The average molecular weight is 446 g/mol. The van der Waals surface area contributed by atoms with Gasteiger partial charge in [-0.2, -0.15) is 5.10 Å². The Hall–Kier alpha value is -2.87. The Morgan fingerprint density at radius 1 is 1.21 bits per heavy atom. The molecular weight excluding hydrogens is 426 g/mol.